The molecule has 6 N–H and O–H groups in total. The van der Waals surface area contributed by atoms with E-state index in [4.69, 9.17) is 49.3 Å². The van der Waals surface area contributed by atoms with Gasteiger partial charge in [0.2, 0.25) is 11.8 Å². The van der Waals surface area contributed by atoms with Gasteiger partial charge in [0.1, 0.15) is 24.8 Å². The van der Waals surface area contributed by atoms with E-state index in [0.29, 0.717) is 37.2 Å². The number of nitrogens with one attached hydrogen (secondary N) is 2. The topological polar surface area (TPSA) is 257 Å². The van der Waals surface area contributed by atoms with Gasteiger partial charge in [-0.1, -0.05) is 53.2 Å². The van der Waals surface area contributed by atoms with Crippen molar-refractivity contribution in [2.24, 2.45) is 17.3 Å². The second-order valence-corrected chi connectivity index (χ2v) is 15.5. The monoisotopic (exact) mass is 861 g/mol. The van der Waals surface area contributed by atoms with Crippen LogP contribution in [-0.4, -0.2) is 134 Å². The van der Waals surface area contributed by atoms with Crippen LogP contribution in [0.25, 0.3) is 0 Å². The number of carbonyl (C=O) groups excluding carboxylic acids is 4. The van der Waals surface area contributed by atoms with Crippen molar-refractivity contribution in [2.75, 3.05) is 64.9 Å². The first-order valence-electron chi connectivity index (χ1n) is 20.4. The molecule has 0 saturated carbocycles. The quantitative estimate of drug-likeness (QED) is 0.0258. The third-order valence-electron chi connectivity index (χ3n) is 9.45. The van der Waals surface area contributed by atoms with Crippen molar-refractivity contribution < 1.29 is 78.1 Å². The molecule has 0 fully saturated rings. The second kappa shape index (κ2) is 28.6. The zero-order valence-corrected chi connectivity index (χ0v) is 35.7. The average molecular weight is 862 g/mol. The first-order chi connectivity index (χ1) is 28.6. The van der Waals surface area contributed by atoms with E-state index >= 15 is 0 Å². The lowest BCUT2D eigenvalue weighted by Gasteiger charge is -2.38. The van der Waals surface area contributed by atoms with E-state index in [1.807, 2.05) is 34.6 Å². The van der Waals surface area contributed by atoms with E-state index < -0.39 is 52.6 Å². The molecule has 0 aromatic heterocycles. The van der Waals surface area contributed by atoms with Crippen molar-refractivity contribution in [1.29, 1.82) is 0 Å². The molecule has 344 valence electrons. The number of unbranched alkanes of at least 4 members (excludes halogenated alkanes) is 3. The number of para-hydroxylation sites is 2. The highest BCUT2D eigenvalue weighted by Crippen LogP contribution is 2.37. The molecule has 2 rings (SSSR count). The minimum atomic E-state index is -1.15. The lowest BCUT2D eigenvalue weighted by molar-refractivity contribution is -0.492. The number of carbonyl (C=O) groups is 4. The molecule has 1 aliphatic rings. The van der Waals surface area contributed by atoms with Crippen molar-refractivity contribution in [3.05, 3.63) is 24.3 Å². The third kappa shape index (κ3) is 21.1. The molecule has 1 aromatic rings. The van der Waals surface area contributed by atoms with Gasteiger partial charge in [-0.2, -0.15) is 0 Å². The Kier molecular flexibility index (Phi) is 24.9. The fourth-order valence-electron chi connectivity index (χ4n) is 6.45. The number of methoxy groups -OCH3 is 1. The molecule has 60 heavy (non-hydrogen) atoms. The van der Waals surface area contributed by atoms with Crippen LogP contribution in [0.5, 0.6) is 5.75 Å². The number of alkyl carbamates (subject to hydrolysis) is 1. The Morgan fingerprint density at radius 3 is 2.18 bits per heavy atom. The summed E-state index contributed by atoms with van der Waals surface area (Å²) in [6.45, 7) is 10.0. The lowest BCUT2D eigenvalue weighted by Crippen LogP contribution is -2.51. The van der Waals surface area contributed by atoms with E-state index in [1.54, 1.807) is 29.2 Å². The summed E-state index contributed by atoms with van der Waals surface area (Å²) in [5.41, 5.74) is -0.275. The smallest absolute Gasteiger partial charge is 0.484 e. The number of benzene rings is 1. The van der Waals surface area contributed by atoms with Crippen LogP contribution in [0.4, 0.5) is 15.3 Å². The van der Waals surface area contributed by atoms with Crippen LogP contribution in [0.15, 0.2) is 24.3 Å². The van der Waals surface area contributed by atoms with E-state index in [-0.39, 0.29) is 89.8 Å². The summed E-state index contributed by atoms with van der Waals surface area (Å²) in [5, 5.41) is 40.0. The van der Waals surface area contributed by atoms with Gasteiger partial charge in [-0.15, -0.1) is 0 Å². The highest BCUT2D eigenvalue weighted by molar-refractivity contribution is 5.95. The van der Waals surface area contributed by atoms with Crippen LogP contribution in [0, 0.1) is 17.3 Å². The van der Waals surface area contributed by atoms with E-state index in [0.717, 1.165) is 12.8 Å². The largest absolute Gasteiger partial charge is 0.508 e. The molecule has 0 spiro atoms. The maximum atomic E-state index is 14.2. The van der Waals surface area contributed by atoms with Crippen LogP contribution in [-0.2, 0) is 42.9 Å². The van der Waals surface area contributed by atoms with Crippen molar-refractivity contribution >= 4 is 29.8 Å². The number of fused-ring (bicyclic) bond motifs is 1. The highest BCUT2D eigenvalue weighted by Gasteiger charge is 2.40. The van der Waals surface area contributed by atoms with Crippen LogP contribution in [0.3, 0.4) is 0 Å². The van der Waals surface area contributed by atoms with Gasteiger partial charge < -0.3 is 44.0 Å². The molecule has 1 aliphatic heterocycles. The number of anilines is 1. The van der Waals surface area contributed by atoms with Crippen LogP contribution >= 0.6 is 0 Å². The molecule has 21 nitrogen and oxygen atoms in total. The molecule has 0 bridgehead atoms. The SMILES string of the molecule is CCCCNC(=O)[C@@H](C[C@H](OC(=O)OCCCCON(O)O)C(CC(C)(C)CC(=O)N1C[C@H](COCOC)Oc2ccccc21)NC(=O)OCCCCON(O)O)C(C)C. The molecule has 4 atom stereocenters. The lowest BCUT2D eigenvalue weighted by atomic mass is 9.78. The molecule has 1 unspecified atom stereocenters. The Morgan fingerprint density at radius 2 is 1.57 bits per heavy atom. The second-order valence-electron chi connectivity index (χ2n) is 15.5. The Labute approximate surface area is 351 Å². The molecular formula is C39H67N5O16. The molecule has 0 radical (unpaired) electrons. The zero-order chi connectivity index (χ0) is 44.5. The minimum Gasteiger partial charge on any atom is -0.484 e. The molecule has 0 aliphatic carbocycles. The van der Waals surface area contributed by atoms with Crippen LogP contribution in [0.1, 0.15) is 92.4 Å². The van der Waals surface area contributed by atoms with Crippen molar-refractivity contribution in [2.45, 2.75) is 111 Å². The Morgan fingerprint density at radius 1 is 0.933 bits per heavy atom. The van der Waals surface area contributed by atoms with Crippen molar-refractivity contribution in [3.63, 3.8) is 0 Å². The van der Waals surface area contributed by atoms with Gasteiger partial charge in [0.25, 0.3) is 0 Å². The van der Waals surface area contributed by atoms with E-state index in [9.17, 15) is 19.2 Å². The third-order valence-corrected chi connectivity index (χ3v) is 9.45. The number of ether oxygens (including phenoxy) is 6. The van der Waals surface area contributed by atoms with Crippen LogP contribution < -0.4 is 20.3 Å². The summed E-state index contributed by atoms with van der Waals surface area (Å²) in [6, 6.07) is 6.17. The van der Waals surface area contributed by atoms with Gasteiger partial charge in [0.15, 0.2) is 0 Å². The van der Waals surface area contributed by atoms with E-state index in [1.165, 1.54) is 7.11 Å². The molecule has 1 aromatic carbocycles. The maximum absolute atomic E-state index is 14.2. The van der Waals surface area contributed by atoms with Gasteiger partial charge >= 0.3 is 12.2 Å². The summed E-state index contributed by atoms with van der Waals surface area (Å²) in [5.74, 6) is -0.852. The number of hydrogen-bond donors (Lipinski definition) is 6. The van der Waals surface area contributed by atoms with Crippen molar-refractivity contribution in [3.8, 4) is 5.75 Å². The molecule has 0 saturated heterocycles. The predicted molar refractivity (Wildman–Crippen MR) is 211 cm³/mol. The summed E-state index contributed by atoms with van der Waals surface area (Å²) >= 11 is 0. The summed E-state index contributed by atoms with van der Waals surface area (Å²) in [4.78, 5) is 65.2. The number of nitrogens with zero attached hydrogens (tertiary/aromatic N) is 3. The van der Waals surface area contributed by atoms with E-state index in [2.05, 4.69) is 20.3 Å². The molecule has 1 heterocycles. The summed E-state index contributed by atoms with van der Waals surface area (Å²) in [7, 11) is 1.51. The van der Waals surface area contributed by atoms with Crippen molar-refractivity contribution in [1.82, 2.24) is 21.4 Å². The number of amides is 3. The standard InChI is InChI=1S/C39H67N5O16/c1-7-8-17-40-36(46)30(28(2)3)22-34(60-38(48)56-19-12-14-21-58-44(51)52)31(41-37(47)55-18-11-13-20-57-43(49)50)23-39(4,5)24-35(45)42-25-29(26-54-27-53-6)59-33-16-10-9-15-32(33)42/h9-10,15-16,28-31,34,49-52H,7-8,11-14,17-27H2,1-6H3,(H,40,46)(H,41,47)/t29-,30+,31?,34+/m1/s1. The molecule has 21 heteroatoms. The Hall–Kier alpha value is -3.90. The van der Waals surface area contributed by atoms with Gasteiger partial charge in [-0.05, 0) is 68.4 Å². The molecule has 3 amide bonds. The zero-order valence-electron chi connectivity index (χ0n) is 35.7. The Balaban J connectivity index is 2.41. The number of rotatable bonds is 30. The van der Waals surface area contributed by atoms with Gasteiger partial charge in [0, 0.05) is 26.0 Å². The maximum Gasteiger partial charge on any atom is 0.508 e. The fourth-order valence-corrected chi connectivity index (χ4v) is 6.45. The van der Waals surface area contributed by atoms with Crippen LogP contribution in [0.2, 0.25) is 0 Å². The highest BCUT2D eigenvalue weighted by atomic mass is 17.1. The first kappa shape index (κ1) is 52.2. The number of hydrogen-bond acceptors (Lipinski definition) is 18. The van der Waals surface area contributed by atoms with Gasteiger partial charge in [-0.25, -0.2) is 9.59 Å². The average Bonchev–Trinajstić information content (AvgIpc) is 3.18. The minimum absolute atomic E-state index is 0.0175. The van der Waals surface area contributed by atoms with Gasteiger partial charge in [-0.3, -0.25) is 40.1 Å². The normalized spacial score (nSPS) is 15.6. The van der Waals surface area contributed by atoms with Gasteiger partial charge in [0.05, 0.1) is 62.1 Å². The fraction of sp³-hybridized carbons (Fsp3) is 0.744. The Bertz CT molecular complexity index is 1400. The first-order valence-corrected chi connectivity index (χ1v) is 20.4. The molecular weight excluding hydrogens is 794 g/mol. The predicted octanol–water partition coefficient (Wildman–Crippen LogP) is 4.99. The summed E-state index contributed by atoms with van der Waals surface area (Å²) in [6.07, 6.45) is -0.662. The summed E-state index contributed by atoms with van der Waals surface area (Å²) < 4.78 is 33.4.